The highest BCUT2D eigenvalue weighted by atomic mass is 32.2. The molecule has 2 unspecified atom stereocenters. The molecular weight excluding hydrogens is 498 g/mol. The number of carbonyl (C=O) groups excluding carboxylic acids is 3. The fourth-order valence-electron chi connectivity index (χ4n) is 4.06. The van der Waals surface area contributed by atoms with Crippen LogP contribution in [0.3, 0.4) is 0 Å². The van der Waals surface area contributed by atoms with Crippen molar-refractivity contribution in [3.05, 3.63) is 35.4 Å². The van der Waals surface area contributed by atoms with E-state index in [0.717, 1.165) is 43.2 Å². The molecular formula is C30H51N3O4S. The number of unbranched alkanes of at least 4 members (excludes halogenated alkanes) is 3. The summed E-state index contributed by atoms with van der Waals surface area (Å²) >= 11 is 1.60. The largest absolute Gasteiger partial charge is 0.444 e. The van der Waals surface area contributed by atoms with Crippen molar-refractivity contribution < 1.29 is 19.1 Å². The lowest BCUT2D eigenvalue weighted by molar-refractivity contribution is -0.143. The Bertz CT molecular complexity index is 875. The minimum absolute atomic E-state index is 0.230. The van der Waals surface area contributed by atoms with Gasteiger partial charge in [-0.15, -0.1) is 0 Å². The Labute approximate surface area is 235 Å². The van der Waals surface area contributed by atoms with Crippen molar-refractivity contribution in [2.45, 2.75) is 117 Å². The summed E-state index contributed by atoms with van der Waals surface area (Å²) in [5.41, 5.74) is 0.762. The van der Waals surface area contributed by atoms with Crippen LogP contribution in [0, 0.1) is 0 Å². The van der Waals surface area contributed by atoms with Gasteiger partial charge < -0.3 is 20.3 Å². The van der Waals surface area contributed by atoms with Gasteiger partial charge in [0, 0.05) is 12.1 Å². The maximum Gasteiger partial charge on any atom is 0.408 e. The molecule has 0 spiro atoms. The monoisotopic (exact) mass is 549 g/mol. The number of ether oxygens (including phenoxy) is 1. The molecule has 3 amide bonds. The van der Waals surface area contributed by atoms with Gasteiger partial charge in [0.1, 0.15) is 17.7 Å². The number of nitrogens with one attached hydrogen (secondary N) is 2. The Morgan fingerprint density at radius 3 is 2.11 bits per heavy atom. The molecule has 38 heavy (non-hydrogen) atoms. The maximum atomic E-state index is 14.2. The summed E-state index contributed by atoms with van der Waals surface area (Å²) in [6.45, 7) is 15.8. The lowest BCUT2D eigenvalue weighted by Gasteiger charge is -2.36. The second-order valence-electron chi connectivity index (χ2n) is 11.8. The summed E-state index contributed by atoms with van der Waals surface area (Å²) in [5, 5.41) is 5.89. The average molecular weight is 550 g/mol. The summed E-state index contributed by atoms with van der Waals surface area (Å²) in [5.74, 6) is 0.182. The molecule has 1 aromatic carbocycles. The van der Waals surface area contributed by atoms with Gasteiger partial charge in [-0.05, 0) is 83.9 Å². The van der Waals surface area contributed by atoms with Gasteiger partial charge in [0.2, 0.25) is 11.8 Å². The number of hydrogen-bond acceptors (Lipinski definition) is 5. The van der Waals surface area contributed by atoms with E-state index in [-0.39, 0.29) is 11.8 Å². The van der Waals surface area contributed by atoms with Crippen LogP contribution in [-0.4, -0.2) is 58.5 Å². The van der Waals surface area contributed by atoms with E-state index >= 15 is 0 Å². The van der Waals surface area contributed by atoms with Crippen LogP contribution in [0.2, 0.25) is 0 Å². The normalized spacial score (nSPS) is 13.4. The van der Waals surface area contributed by atoms with Gasteiger partial charge in [-0.3, -0.25) is 9.59 Å². The minimum atomic E-state index is -0.813. The second-order valence-corrected chi connectivity index (χ2v) is 12.8. The zero-order valence-electron chi connectivity index (χ0n) is 25.1. The predicted octanol–water partition coefficient (Wildman–Crippen LogP) is 6.26. The Hall–Kier alpha value is -2.22. The lowest BCUT2D eigenvalue weighted by atomic mass is 9.98. The molecule has 0 fully saturated rings. The number of amides is 3. The van der Waals surface area contributed by atoms with Crippen LogP contribution < -0.4 is 10.6 Å². The van der Waals surface area contributed by atoms with Crippen LogP contribution in [0.1, 0.15) is 105 Å². The van der Waals surface area contributed by atoms with Crippen molar-refractivity contribution in [1.29, 1.82) is 0 Å². The summed E-state index contributed by atoms with van der Waals surface area (Å²) in [6, 6.07) is 6.29. The molecule has 0 aliphatic heterocycles. The van der Waals surface area contributed by atoms with E-state index in [1.54, 1.807) is 37.4 Å². The van der Waals surface area contributed by atoms with E-state index in [0.29, 0.717) is 18.7 Å². The van der Waals surface area contributed by atoms with Crippen LogP contribution in [0.25, 0.3) is 0 Å². The van der Waals surface area contributed by atoms with Gasteiger partial charge in [-0.25, -0.2) is 4.79 Å². The maximum absolute atomic E-state index is 14.2. The van der Waals surface area contributed by atoms with Crippen molar-refractivity contribution in [2.24, 2.45) is 0 Å². The molecule has 0 bridgehead atoms. The highest BCUT2D eigenvalue weighted by molar-refractivity contribution is 7.98. The highest BCUT2D eigenvalue weighted by Gasteiger charge is 2.37. The SMILES string of the molecule is CCCCCCN(C(=O)C(CCSC)NC(=O)OC(C)(C)C)C(C(=O)NC(C)(C)C)c1ccc(CC)cc1. The number of benzene rings is 1. The minimum Gasteiger partial charge on any atom is -0.444 e. The molecule has 0 saturated carbocycles. The zero-order chi connectivity index (χ0) is 28.9. The summed E-state index contributed by atoms with van der Waals surface area (Å²) in [7, 11) is 0. The predicted molar refractivity (Wildman–Crippen MR) is 158 cm³/mol. The lowest BCUT2D eigenvalue weighted by Crippen LogP contribution is -2.55. The van der Waals surface area contributed by atoms with Crippen LogP contribution in [0.5, 0.6) is 0 Å². The number of aryl methyl sites for hydroxylation is 1. The molecule has 0 heterocycles. The molecule has 8 heteroatoms. The molecule has 2 N–H and O–H groups in total. The van der Waals surface area contributed by atoms with E-state index < -0.39 is 29.3 Å². The van der Waals surface area contributed by atoms with Gasteiger partial charge in [0.15, 0.2) is 0 Å². The number of rotatable bonds is 14. The van der Waals surface area contributed by atoms with Crippen molar-refractivity contribution in [3.8, 4) is 0 Å². The summed E-state index contributed by atoms with van der Waals surface area (Å²) in [4.78, 5) is 42.3. The summed E-state index contributed by atoms with van der Waals surface area (Å²) < 4.78 is 5.47. The molecule has 2 atom stereocenters. The van der Waals surface area contributed by atoms with Crippen LogP contribution in [0.4, 0.5) is 4.79 Å². The van der Waals surface area contributed by atoms with Gasteiger partial charge >= 0.3 is 6.09 Å². The first-order valence-electron chi connectivity index (χ1n) is 13.9. The van der Waals surface area contributed by atoms with E-state index in [1.165, 1.54) is 0 Å². The number of thioether (sulfide) groups is 1. The number of hydrogen-bond donors (Lipinski definition) is 2. The quantitative estimate of drug-likeness (QED) is 0.268. The van der Waals surface area contributed by atoms with Crippen molar-refractivity contribution in [3.63, 3.8) is 0 Å². The molecule has 216 valence electrons. The molecule has 0 aliphatic rings. The van der Waals surface area contributed by atoms with E-state index in [1.807, 2.05) is 51.3 Å². The Morgan fingerprint density at radius 2 is 1.61 bits per heavy atom. The Morgan fingerprint density at radius 1 is 0.974 bits per heavy atom. The van der Waals surface area contributed by atoms with E-state index in [4.69, 9.17) is 4.74 Å². The Kier molecular flexibility index (Phi) is 14.2. The fourth-order valence-corrected chi connectivity index (χ4v) is 4.54. The van der Waals surface area contributed by atoms with Crippen LogP contribution in [0.15, 0.2) is 24.3 Å². The fraction of sp³-hybridized carbons (Fsp3) is 0.700. The van der Waals surface area contributed by atoms with E-state index in [2.05, 4.69) is 24.5 Å². The zero-order valence-corrected chi connectivity index (χ0v) is 25.9. The smallest absolute Gasteiger partial charge is 0.408 e. The topological polar surface area (TPSA) is 87.7 Å². The average Bonchev–Trinajstić information content (AvgIpc) is 2.81. The van der Waals surface area contributed by atoms with Crippen molar-refractivity contribution in [1.82, 2.24) is 15.5 Å². The van der Waals surface area contributed by atoms with E-state index in [9.17, 15) is 14.4 Å². The van der Waals surface area contributed by atoms with Gasteiger partial charge in [-0.1, -0.05) is 57.4 Å². The number of nitrogens with zero attached hydrogens (tertiary/aromatic N) is 1. The number of carbonyl (C=O) groups is 3. The molecule has 0 radical (unpaired) electrons. The van der Waals surface area contributed by atoms with Gasteiger partial charge in [0.05, 0.1) is 0 Å². The third-order valence-electron chi connectivity index (χ3n) is 5.90. The molecule has 1 aromatic rings. The molecule has 7 nitrogen and oxygen atoms in total. The first kappa shape index (κ1) is 33.8. The standard InChI is InChI=1S/C30H51N3O4S/c1-10-12-13-14-20-33(27(35)24(19-21-38-9)31-28(36)37-30(6,7)8)25(26(34)32-29(3,4)5)23-17-15-22(11-2)16-18-23/h15-18,24-25H,10-14,19-21H2,1-9H3,(H,31,36)(H,32,34). The molecule has 0 saturated heterocycles. The molecule has 0 aliphatic carbocycles. The Balaban J connectivity index is 3.50. The summed E-state index contributed by atoms with van der Waals surface area (Å²) in [6.07, 6.45) is 6.50. The second kappa shape index (κ2) is 16.0. The third-order valence-corrected chi connectivity index (χ3v) is 6.54. The molecule has 0 aromatic heterocycles. The third kappa shape index (κ3) is 12.5. The highest BCUT2D eigenvalue weighted by Crippen LogP contribution is 2.26. The van der Waals surface area contributed by atoms with Crippen LogP contribution >= 0.6 is 11.8 Å². The first-order chi connectivity index (χ1) is 17.7. The van der Waals surface area contributed by atoms with Gasteiger partial charge in [-0.2, -0.15) is 11.8 Å². The van der Waals surface area contributed by atoms with Crippen molar-refractivity contribution >= 4 is 29.7 Å². The first-order valence-corrected chi connectivity index (χ1v) is 15.3. The number of alkyl carbamates (subject to hydrolysis) is 1. The van der Waals surface area contributed by atoms with Gasteiger partial charge in [0.25, 0.3) is 0 Å². The molecule has 1 rings (SSSR count). The van der Waals surface area contributed by atoms with Crippen LogP contribution in [-0.2, 0) is 20.7 Å². The van der Waals surface area contributed by atoms with Crippen molar-refractivity contribution in [2.75, 3.05) is 18.6 Å².